The van der Waals surface area contributed by atoms with Gasteiger partial charge in [-0.05, 0) is 31.2 Å². The van der Waals surface area contributed by atoms with Crippen LogP contribution in [-0.4, -0.2) is 55.0 Å². The first kappa shape index (κ1) is 15.3. The van der Waals surface area contributed by atoms with Crippen molar-refractivity contribution in [2.75, 3.05) is 44.6 Å². The van der Waals surface area contributed by atoms with Gasteiger partial charge in [-0.2, -0.15) is 0 Å². The van der Waals surface area contributed by atoms with Crippen molar-refractivity contribution in [1.82, 2.24) is 9.80 Å². The number of hydrogen-bond acceptors (Lipinski definition) is 3. The Morgan fingerprint density at radius 2 is 1.90 bits per heavy atom. The first-order valence-electron chi connectivity index (χ1n) is 7.09. The van der Waals surface area contributed by atoms with Crippen molar-refractivity contribution in [3.05, 3.63) is 28.8 Å². The second-order valence-electron chi connectivity index (χ2n) is 5.22. The standard InChI is InChI=1S/C15H22ClN3O/c1-3-18-6-8-19(9-7-18)11-15(20)17-14-10-13(16)5-4-12(14)2/h4-5,10H,3,6-9,11H2,1-2H3,(H,17,20). The SMILES string of the molecule is CCN1CCN(CC(=O)Nc2cc(Cl)ccc2C)CC1. The molecule has 1 aromatic carbocycles. The van der Waals surface area contributed by atoms with E-state index in [1.54, 1.807) is 6.07 Å². The second kappa shape index (κ2) is 7.07. The fourth-order valence-corrected chi connectivity index (χ4v) is 2.56. The van der Waals surface area contributed by atoms with E-state index in [1.807, 2.05) is 19.1 Å². The summed E-state index contributed by atoms with van der Waals surface area (Å²) in [6.45, 7) is 9.66. The van der Waals surface area contributed by atoms with Crippen molar-refractivity contribution in [1.29, 1.82) is 0 Å². The molecule has 0 bridgehead atoms. The van der Waals surface area contributed by atoms with Gasteiger partial charge in [-0.25, -0.2) is 0 Å². The summed E-state index contributed by atoms with van der Waals surface area (Å²) >= 11 is 5.96. The predicted molar refractivity (Wildman–Crippen MR) is 83.4 cm³/mol. The van der Waals surface area contributed by atoms with E-state index < -0.39 is 0 Å². The predicted octanol–water partition coefficient (Wildman–Crippen LogP) is 2.22. The normalized spacial score (nSPS) is 17.1. The fraction of sp³-hybridized carbons (Fsp3) is 0.533. The van der Waals surface area contributed by atoms with Gasteiger partial charge < -0.3 is 10.2 Å². The molecule has 2 rings (SSSR count). The first-order chi connectivity index (χ1) is 9.58. The summed E-state index contributed by atoms with van der Waals surface area (Å²) in [5.74, 6) is 0.0281. The third-order valence-electron chi connectivity index (χ3n) is 3.75. The zero-order valence-corrected chi connectivity index (χ0v) is 12.9. The lowest BCUT2D eigenvalue weighted by Crippen LogP contribution is -2.48. The minimum Gasteiger partial charge on any atom is -0.325 e. The topological polar surface area (TPSA) is 35.6 Å². The van der Waals surface area contributed by atoms with Gasteiger partial charge in [0.2, 0.25) is 5.91 Å². The average molecular weight is 296 g/mol. The van der Waals surface area contributed by atoms with Crippen LogP contribution >= 0.6 is 11.6 Å². The summed E-state index contributed by atoms with van der Waals surface area (Å²) in [6.07, 6.45) is 0. The maximum atomic E-state index is 12.1. The molecule has 1 heterocycles. The number of carbonyl (C=O) groups excluding carboxylic acids is 1. The van der Waals surface area contributed by atoms with Gasteiger partial charge in [0.15, 0.2) is 0 Å². The zero-order chi connectivity index (χ0) is 14.5. The van der Waals surface area contributed by atoms with Crippen LogP contribution in [-0.2, 0) is 4.79 Å². The smallest absolute Gasteiger partial charge is 0.238 e. The molecule has 1 fully saturated rings. The molecule has 1 saturated heterocycles. The van der Waals surface area contributed by atoms with E-state index in [0.717, 1.165) is 44.0 Å². The number of aryl methyl sites for hydroxylation is 1. The Morgan fingerprint density at radius 3 is 2.55 bits per heavy atom. The zero-order valence-electron chi connectivity index (χ0n) is 12.2. The molecular formula is C15H22ClN3O. The van der Waals surface area contributed by atoms with E-state index in [1.165, 1.54) is 0 Å². The lowest BCUT2D eigenvalue weighted by Gasteiger charge is -2.33. The van der Waals surface area contributed by atoms with Crippen LogP contribution in [0.15, 0.2) is 18.2 Å². The molecule has 4 nitrogen and oxygen atoms in total. The van der Waals surface area contributed by atoms with Crippen LogP contribution in [0.1, 0.15) is 12.5 Å². The number of nitrogens with zero attached hydrogens (tertiary/aromatic N) is 2. The molecule has 0 atom stereocenters. The van der Waals surface area contributed by atoms with E-state index >= 15 is 0 Å². The Hall–Kier alpha value is -1.10. The number of likely N-dealkylation sites (N-methyl/N-ethyl adjacent to an activating group) is 1. The van der Waals surface area contributed by atoms with Crippen LogP contribution in [0, 0.1) is 6.92 Å². The van der Waals surface area contributed by atoms with Gasteiger partial charge in [-0.15, -0.1) is 0 Å². The van der Waals surface area contributed by atoms with Crippen LogP contribution < -0.4 is 5.32 Å². The minimum absolute atomic E-state index is 0.0281. The first-order valence-corrected chi connectivity index (χ1v) is 7.47. The van der Waals surface area contributed by atoms with Crippen LogP contribution in [0.25, 0.3) is 0 Å². The van der Waals surface area contributed by atoms with Crippen LogP contribution in [0.5, 0.6) is 0 Å². The van der Waals surface area contributed by atoms with Crippen molar-refractivity contribution >= 4 is 23.2 Å². The molecule has 5 heteroatoms. The van der Waals surface area contributed by atoms with Gasteiger partial charge in [0.05, 0.1) is 6.54 Å². The quantitative estimate of drug-likeness (QED) is 0.925. The van der Waals surface area contributed by atoms with Crippen LogP contribution in [0.4, 0.5) is 5.69 Å². The van der Waals surface area contributed by atoms with Gasteiger partial charge in [0.25, 0.3) is 0 Å². The molecule has 1 aliphatic rings. The Labute approximate surface area is 125 Å². The highest BCUT2D eigenvalue weighted by molar-refractivity contribution is 6.31. The van der Waals surface area contributed by atoms with Gasteiger partial charge in [0.1, 0.15) is 0 Å². The molecular weight excluding hydrogens is 274 g/mol. The highest BCUT2D eigenvalue weighted by atomic mass is 35.5. The summed E-state index contributed by atoms with van der Waals surface area (Å²) in [7, 11) is 0. The van der Waals surface area contributed by atoms with Crippen molar-refractivity contribution in [3.63, 3.8) is 0 Å². The summed E-state index contributed by atoms with van der Waals surface area (Å²) < 4.78 is 0. The number of amides is 1. The van der Waals surface area contributed by atoms with Crippen molar-refractivity contribution in [2.45, 2.75) is 13.8 Å². The Bertz CT molecular complexity index is 470. The third-order valence-corrected chi connectivity index (χ3v) is 3.99. The lowest BCUT2D eigenvalue weighted by molar-refractivity contribution is -0.117. The number of nitrogens with one attached hydrogen (secondary N) is 1. The van der Waals surface area contributed by atoms with Crippen molar-refractivity contribution < 1.29 is 4.79 Å². The Morgan fingerprint density at radius 1 is 1.25 bits per heavy atom. The molecule has 0 aliphatic carbocycles. The Balaban J connectivity index is 1.85. The summed E-state index contributed by atoms with van der Waals surface area (Å²) in [5.41, 5.74) is 1.83. The van der Waals surface area contributed by atoms with E-state index in [-0.39, 0.29) is 5.91 Å². The molecule has 0 radical (unpaired) electrons. The second-order valence-corrected chi connectivity index (χ2v) is 5.65. The van der Waals surface area contributed by atoms with E-state index in [0.29, 0.717) is 11.6 Å². The number of benzene rings is 1. The Kier molecular flexibility index (Phi) is 5.40. The lowest BCUT2D eigenvalue weighted by atomic mass is 10.2. The maximum Gasteiger partial charge on any atom is 0.238 e. The third kappa shape index (κ3) is 4.20. The summed E-state index contributed by atoms with van der Waals surface area (Å²) in [6, 6.07) is 5.54. The van der Waals surface area contributed by atoms with Gasteiger partial charge >= 0.3 is 0 Å². The fourth-order valence-electron chi connectivity index (χ4n) is 2.39. The molecule has 0 spiro atoms. The summed E-state index contributed by atoms with van der Waals surface area (Å²) in [4.78, 5) is 16.7. The minimum atomic E-state index is 0.0281. The monoisotopic (exact) mass is 295 g/mol. The number of carbonyl (C=O) groups is 1. The molecule has 1 aromatic rings. The molecule has 0 saturated carbocycles. The highest BCUT2D eigenvalue weighted by Gasteiger charge is 2.18. The van der Waals surface area contributed by atoms with Crippen LogP contribution in [0.2, 0.25) is 5.02 Å². The summed E-state index contributed by atoms with van der Waals surface area (Å²) in [5, 5.41) is 3.59. The largest absolute Gasteiger partial charge is 0.325 e. The number of hydrogen-bond donors (Lipinski definition) is 1. The number of halogens is 1. The molecule has 1 aliphatic heterocycles. The van der Waals surface area contributed by atoms with Crippen molar-refractivity contribution in [2.24, 2.45) is 0 Å². The molecule has 0 aromatic heterocycles. The molecule has 1 amide bonds. The van der Waals surface area contributed by atoms with Crippen molar-refractivity contribution in [3.8, 4) is 0 Å². The van der Waals surface area contributed by atoms with Crippen LogP contribution in [0.3, 0.4) is 0 Å². The molecule has 1 N–H and O–H groups in total. The van der Waals surface area contributed by atoms with E-state index in [4.69, 9.17) is 11.6 Å². The number of anilines is 1. The van der Waals surface area contributed by atoms with E-state index in [2.05, 4.69) is 22.0 Å². The van der Waals surface area contributed by atoms with E-state index in [9.17, 15) is 4.79 Å². The van der Waals surface area contributed by atoms with Gasteiger partial charge in [0, 0.05) is 36.9 Å². The number of piperazine rings is 1. The molecule has 20 heavy (non-hydrogen) atoms. The highest BCUT2D eigenvalue weighted by Crippen LogP contribution is 2.20. The van der Waals surface area contributed by atoms with Gasteiger partial charge in [-0.1, -0.05) is 24.6 Å². The molecule has 110 valence electrons. The average Bonchev–Trinajstić information content (AvgIpc) is 2.43. The maximum absolute atomic E-state index is 12.1. The van der Waals surface area contributed by atoms with Gasteiger partial charge in [-0.3, -0.25) is 9.69 Å². The molecule has 0 unspecified atom stereocenters. The number of rotatable bonds is 4.